The molecule has 0 spiro atoms. The normalized spacial score (nSPS) is 10.6. The molecule has 1 aromatic heterocycles. The largest absolute Gasteiger partial charge is 0.485 e. The number of hydrogen-bond acceptors (Lipinski definition) is 3. The molecule has 0 aliphatic heterocycles. The number of nitrogens with one attached hydrogen (secondary N) is 1. The van der Waals surface area contributed by atoms with E-state index in [0.29, 0.717) is 0 Å². The van der Waals surface area contributed by atoms with Gasteiger partial charge in [-0.3, -0.25) is 0 Å². The molecule has 0 amide bonds. The van der Waals surface area contributed by atoms with E-state index in [1.54, 1.807) is 11.3 Å². The van der Waals surface area contributed by atoms with Gasteiger partial charge >= 0.3 is 0 Å². The minimum atomic E-state index is -0.552. The maximum atomic E-state index is 13.3. The minimum absolute atomic E-state index is 0.0569. The Bertz CT molecular complexity index is 527. The number of thiophene rings is 1. The van der Waals surface area contributed by atoms with Crippen LogP contribution in [0.25, 0.3) is 0 Å². The van der Waals surface area contributed by atoms with Crippen LogP contribution in [-0.2, 0) is 13.2 Å². The van der Waals surface area contributed by atoms with Gasteiger partial charge in [-0.1, -0.05) is 0 Å². The van der Waals surface area contributed by atoms with E-state index in [2.05, 4.69) is 5.32 Å². The first-order chi connectivity index (χ1) is 8.69. The van der Waals surface area contributed by atoms with E-state index in [4.69, 9.17) is 4.74 Å². The average Bonchev–Trinajstić information content (AvgIpc) is 2.79. The van der Waals surface area contributed by atoms with Crippen LogP contribution in [0.15, 0.2) is 30.3 Å². The maximum absolute atomic E-state index is 13.3. The van der Waals surface area contributed by atoms with Gasteiger partial charge in [0.15, 0.2) is 11.6 Å². The lowest BCUT2D eigenvalue weighted by molar-refractivity contribution is 0.291. The summed E-state index contributed by atoms with van der Waals surface area (Å²) in [6.45, 7) is 1.04. The molecule has 5 heteroatoms. The molecule has 2 aromatic rings. The third-order valence-corrected chi connectivity index (χ3v) is 3.39. The SMILES string of the molecule is CNCc1ccc(COc2cc(F)ccc2F)s1. The Labute approximate surface area is 108 Å². The Hall–Kier alpha value is -1.46. The van der Waals surface area contributed by atoms with Crippen molar-refractivity contribution in [3.05, 3.63) is 51.7 Å². The Morgan fingerprint density at radius 1 is 1.17 bits per heavy atom. The molecular weight excluding hydrogens is 256 g/mol. The Morgan fingerprint density at radius 3 is 2.72 bits per heavy atom. The predicted octanol–water partition coefficient (Wildman–Crippen LogP) is 3.32. The predicted molar refractivity (Wildman–Crippen MR) is 67.8 cm³/mol. The van der Waals surface area contributed by atoms with Crippen molar-refractivity contribution >= 4 is 11.3 Å². The smallest absolute Gasteiger partial charge is 0.165 e. The van der Waals surface area contributed by atoms with Crippen molar-refractivity contribution in [2.24, 2.45) is 0 Å². The van der Waals surface area contributed by atoms with Crippen LogP contribution in [0.4, 0.5) is 8.78 Å². The van der Waals surface area contributed by atoms with E-state index in [0.717, 1.165) is 29.6 Å². The van der Waals surface area contributed by atoms with Gasteiger partial charge in [0, 0.05) is 22.4 Å². The highest BCUT2D eigenvalue weighted by Gasteiger charge is 2.06. The lowest BCUT2D eigenvalue weighted by Crippen LogP contribution is -2.02. The van der Waals surface area contributed by atoms with Crippen LogP contribution in [0.5, 0.6) is 5.75 Å². The highest BCUT2D eigenvalue weighted by molar-refractivity contribution is 7.11. The van der Waals surface area contributed by atoms with Crippen LogP contribution < -0.4 is 10.1 Å². The fourth-order valence-electron chi connectivity index (χ4n) is 1.51. The van der Waals surface area contributed by atoms with Crippen LogP contribution in [0.2, 0.25) is 0 Å². The summed E-state index contributed by atoms with van der Waals surface area (Å²) in [5, 5.41) is 3.05. The molecule has 0 fully saturated rings. The summed E-state index contributed by atoms with van der Waals surface area (Å²) in [6.07, 6.45) is 0. The van der Waals surface area contributed by atoms with Crippen molar-refractivity contribution < 1.29 is 13.5 Å². The molecule has 0 saturated carbocycles. The molecule has 1 aromatic carbocycles. The Kier molecular flexibility index (Phi) is 4.28. The molecule has 0 aliphatic carbocycles. The Morgan fingerprint density at radius 2 is 1.94 bits per heavy atom. The summed E-state index contributed by atoms with van der Waals surface area (Å²) in [6, 6.07) is 7.09. The summed E-state index contributed by atoms with van der Waals surface area (Å²) in [5.74, 6) is -1.12. The number of hydrogen-bond donors (Lipinski definition) is 1. The van der Waals surface area contributed by atoms with E-state index < -0.39 is 11.6 Å². The molecular formula is C13H13F2NOS. The van der Waals surface area contributed by atoms with E-state index in [-0.39, 0.29) is 12.4 Å². The molecule has 0 bridgehead atoms. The van der Waals surface area contributed by atoms with Crippen LogP contribution in [0.1, 0.15) is 9.75 Å². The molecule has 0 atom stereocenters. The first-order valence-corrected chi connectivity index (χ1v) is 6.30. The van der Waals surface area contributed by atoms with Crippen molar-refractivity contribution in [1.29, 1.82) is 0 Å². The molecule has 96 valence electrons. The van der Waals surface area contributed by atoms with Crippen LogP contribution in [-0.4, -0.2) is 7.05 Å². The zero-order valence-electron chi connectivity index (χ0n) is 9.87. The highest BCUT2D eigenvalue weighted by Crippen LogP contribution is 2.22. The van der Waals surface area contributed by atoms with E-state index in [9.17, 15) is 8.78 Å². The van der Waals surface area contributed by atoms with Gasteiger partial charge in [0.25, 0.3) is 0 Å². The molecule has 2 nitrogen and oxygen atoms in total. The second-order valence-electron chi connectivity index (χ2n) is 3.76. The summed E-state index contributed by atoms with van der Waals surface area (Å²) >= 11 is 1.58. The summed E-state index contributed by atoms with van der Waals surface area (Å²) < 4.78 is 31.5. The van der Waals surface area contributed by atoms with Crippen molar-refractivity contribution in [3.8, 4) is 5.75 Å². The summed E-state index contributed by atoms with van der Waals surface area (Å²) in [7, 11) is 1.87. The number of benzene rings is 1. The van der Waals surface area contributed by atoms with Gasteiger partial charge in [-0.05, 0) is 31.3 Å². The fourth-order valence-corrected chi connectivity index (χ4v) is 2.45. The average molecular weight is 269 g/mol. The molecule has 0 saturated heterocycles. The van der Waals surface area contributed by atoms with Crippen molar-refractivity contribution in [2.75, 3.05) is 7.05 Å². The fraction of sp³-hybridized carbons (Fsp3) is 0.231. The van der Waals surface area contributed by atoms with E-state index >= 15 is 0 Å². The first-order valence-electron chi connectivity index (χ1n) is 5.49. The lowest BCUT2D eigenvalue weighted by Gasteiger charge is -2.05. The van der Waals surface area contributed by atoms with Crippen LogP contribution in [0, 0.1) is 11.6 Å². The minimum Gasteiger partial charge on any atom is -0.485 e. The molecule has 2 rings (SSSR count). The van der Waals surface area contributed by atoms with Crippen molar-refractivity contribution in [3.63, 3.8) is 0 Å². The molecule has 1 N–H and O–H groups in total. The molecule has 18 heavy (non-hydrogen) atoms. The van der Waals surface area contributed by atoms with E-state index in [1.165, 1.54) is 4.88 Å². The summed E-state index contributed by atoms with van der Waals surface area (Å²) in [5.41, 5.74) is 0. The van der Waals surface area contributed by atoms with Gasteiger partial charge in [0.1, 0.15) is 12.4 Å². The second kappa shape index (κ2) is 5.93. The number of ether oxygens (including phenoxy) is 1. The van der Waals surface area contributed by atoms with Gasteiger partial charge in [-0.2, -0.15) is 0 Å². The van der Waals surface area contributed by atoms with Gasteiger partial charge in [-0.25, -0.2) is 8.78 Å². The third-order valence-electron chi connectivity index (χ3n) is 2.33. The van der Waals surface area contributed by atoms with E-state index in [1.807, 2.05) is 19.2 Å². The lowest BCUT2D eigenvalue weighted by atomic mass is 10.3. The standard InChI is InChI=1S/C13H13F2NOS/c1-16-7-10-3-4-11(18-10)8-17-13-6-9(14)2-5-12(13)15/h2-6,16H,7-8H2,1H3. The second-order valence-corrected chi connectivity index (χ2v) is 5.01. The van der Waals surface area contributed by atoms with Gasteiger partial charge in [-0.15, -0.1) is 11.3 Å². The van der Waals surface area contributed by atoms with Crippen molar-refractivity contribution in [2.45, 2.75) is 13.2 Å². The molecule has 0 aliphatic rings. The zero-order chi connectivity index (χ0) is 13.0. The monoisotopic (exact) mass is 269 g/mol. The zero-order valence-corrected chi connectivity index (χ0v) is 10.7. The quantitative estimate of drug-likeness (QED) is 0.899. The van der Waals surface area contributed by atoms with Gasteiger partial charge in [0.2, 0.25) is 0 Å². The number of rotatable bonds is 5. The molecule has 1 heterocycles. The highest BCUT2D eigenvalue weighted by atomic mass is 32.1. The van der Waals surface area contributed by atoms with Gasteiger partial charge in [0.05, 0.1) is 0 Å². The van der Waals surface area contributed by atoms with Crippen LogP contribution >= 0.6 is 11.3 Å². The Balaban J connectivity index is 1.99. The van der Waals surface area contributed by atoms with Crippen molar-refractivity contribution in [1.82, 2.24) is 5.32 Å². The topological polar surface area (TPSA) is 21.3 Å². The molecule has 0 radical (unpaired) electrons. The number of halogens is 2. The summed E-state index contributed by atoms with van der Waals surface area (Å²) in [4.78, 5) is 2.15. The van der Waals surface area contributed by atoms with Crippen LogP contribution in [0.3, 0.4) is 0 Å². The third kappa shape index (κ3) is 3.27. The maximum Gasteiger partial charge on any atom is 0.165 e. The molecule has 0 unspecified atom stereocenters. The van der Waals surface area contributed by atoms with Gasteiger partial charge < -0.3 is 10.1 Å². The first kappa shape index (κ1) is 13.0.